The Labute approximate surface area is 98.6 Å². The number of nitrogens with zero attached hydrogens (tertiary/aromatic N) is 2. The van der Waals surface area contributed by atoms with Crippen LogP contribution in [0.25, 0.3) is 11.3 Å². The summed E-state index contributed by atoms with van der Waals surface area (Å²) in [5.74, 6) is -1.17. The van der Waals surface area contributed by atoms with E-state index in [1.165, 1.54) is 0 Å². The molecule has 2 heterocycles. The average Bonchev–Trinajstić information content (AvgIpc) is 2.83. The molecule has 2 N–H and O–H groups in total. The molecule has 88 valence electrons. The van der Waals surface area contributed by atoms with Gasteiger partial charge in [-0.1, -0.05) is 6.92 Å². The van der Waals surface area contributed by atoms with Crippen LogP contribution >= 0.6 is 0 Å². The molecule has 0 aliphatic rings. The monoisotopic (exact) mass is 231 g/mol. The highest BCUT2D eigenvalue weighted by Gasteiger charge is 2.20. The lowest BCUT2D eigenvalue weighted by atomic mass is 10.1. The van der Waals surface area contributed by atoms with Gasteiger partial charge >= 0.3 is 5.97 Å². The summed E-state index contributed by atoms with van der Waals surface area (Å²) in [7, 11) is 0. The molecule has 2 rings (SSSR count). The molecule has 5 heteroatoms. The Morgan fingerprint density at radius 3 is 2.94 bits per heavy atom. The van der Waals surface area contributed by atoms with Crippen molar-refractivity contribution in [3.63, 3.8) is 0 Å². The normalized spacial score (nSPS) is 12.3. The molecule has 0 aliphatic carbocycles. The van der Waals surface area contributed by atoms with Crippen LogP contribution in [-0.2, 0) is 4.79 Å². The molecule has 5 nitrogen and oxygen atoms in total. The van der Waals surface area contributed by atoms with Crippen molar-refractivity contribution < 1.29 is 9.90 Å². The first-order chi connectivity index (χ1) is 8.22. The van der Waals surface area contributed by atoms with Crippen molar-refractivity contribution in [3.8, 4) is 11.3 Å². The van der Waals surface area contributed by atoms with Gasteiger partial charge in [-0.15, -0.1) is 0 Å². The largest absolute Gasteiger partial charge is 0.481 e. The van der Waals surface area contributed by atoms with Crippen LogP contribution in [0.3, 0.4) is 0 Å². The Hall–Kier alpha value is -2.17. The Kier molecular flexibility index (Phi) is 3.18. The Morgan fingerprint density at radius 1 is 1.53 bits per heavy atom. The first-order valence-electron chi connectivity index (χ1n) is 5.41. The van der Waals surface area contributed by atoms with Gasteiger partial charge < -0.3 is 10.1 Å². The summed E-state index contributed by atoms with van der Waals surface area (Å²) in [6, 6.07) is 3.65. The van der Waals surface area contributed by atoms with E-state index < -0.39 is 11.9 Å². The van der Waals surface area contributed by atoms with Crippen LogP contribution in [0.2, 0.25) is 0 Å². The minimum absolute atomic E-state index is 0.360. The van der Waals surface area contributed by atoms with Gasteiger partial charge in [0.1, 0.15) is 11.7 Å². The van der Waals surface area contributed by atoms with Crippen molar-refractivity contribution in [2.24, 2.45) is 0 Å². The van der Waals surface area contributed by atoms with Crippen molar-refractivity contribution in [2.75, 3.05) is 0 Å². The van der Waals surface area contributed by atoms with E-state index in [1.54, 1.807) is 18.5 Å². The van der Waals surface area contributed by atoms with Crippen LogP contribution < -0.4 is 0 Å². The highest BCUT2D eigenvalue weighted by atomic mass is 16.4. The van der Waals surface area contributed by atoms with Crippen molar-refractivity contribution in [2.45, 2.75) is 19.3 Å². The Morgan fingerprint density at radius 2 is 2.35 bits per heavy atom. The fraction of sp³-hybridized carbons (Fsp3) is 0.250. The summed E-state index contributed by atoms with van der Waals surface area (Å²) in [6.45, 7) is 1.81. The second kappa shape index (κ2) is 4.78. The number of carbonyl (C=O) groups is 1. The van der Waals surface area contributed by atoms with Crippen LogP contribution in [0.5, 0.6) is 0 Å². The number of carboxylic acid groups (broad SMARTS) is 1. The maximum absolute atomic E-state index is 11.0. The van der Waals surface area contributed by atoms with Gasteiger partial charge in [-0.3, -0.25) is 4.79 Å². The fourth-order valence-electron chi connectivity index (χ4n) is 1.65. The predicted molar refractivity (Wildman–Crippen MR) is 62.5 cm³/mol. The van der Waals surface area contributed by atoms with Gasteiger partial charge in [0.05, 0.1) is 5.69 Å². The zero-order valence-corrected chi connectivity index (χ0v) is 9.42. The number of aliphatic carboxylic acids is 1. The first-order valence-corrected chi connectivity index (χ1v) is 5.41. The second-order valence-corrected chi connectivity index (χ2v) is 3.70. The first kappa shape index (κ1) is 11.3. The molecule has 0 aromatic carbocycles. The Bertz CT molecular complexity index is 508. The summed E-state index contributed by atoms with van der Waals surface area (Å²) in [5, 5.41) is 9.06. The standard InChI is InChI=1S/C12H13N3O2/c1-2-9(12(16)17)11-14-6-4-10(15-11)8-3-5-13-7-8/h3-7,9,13H,2H2,1H3,(H,16,17). The molecule has 17 heavy (non-hydrogen) atoms. The number of H-pyrrole nitrogens is 1. The lowest BCUT2D eigenvalue weighted by Gasteiger charge is -2.08. The highest BCUT2D eigenvalue weighted by molar-refractivity contribution is 5.75. The van der Waals surface area contributed by atoms with Gasteiger partial charge in [-0.05, 0) is 18.6 Å². The summed E-state index contributed by atoms with van der Waals surface area (Å²) in [5.41, 5.74) is 1.66. The molecule has 0 fully saturated rings. The van der Waals surface area contributed by atoms with Crippen LogP contribution in [0, 0.1) is 0 Å². The average molecular weight is 231 g/mol. The number of nitrogens with one attached hydrogen (secondary N) is 1. The van der Waals surface area contributed by atoms with Gasteiger partial charge in [0.2, 0.25) is 0 Å². The van der Waals surface area contributed by atoms with Gasteiger partial charge in [-0.2, -0.15) is 0 Å². The van der Waals surface area contributed by atoms with E-state index >= 15 is 0 Å². The van der Waals surface area contributed by atoms with Crippen molar-refractivity contribution in [3.05, 3.63) is 36.5 Å². The SMILES string of the molecule is CCC(C(=O)O)c1nccc(-c2cc[nH]c2)n1. The zero-order valence-electron chi connectivity index (χ0n) is 9.42. The molecular formula is C12H13N3O2. The summed E-state index contributed by atoms with van der Waals surface area (Å²) in [4.78, 5) is 22.3. The molecule has 1 unspecified atom stereocenters. The van der Waals surface area contributed by atoms with Crippen LogP contribution in [0.1, 0.15) is 25.1 Å². The van der Waals surface area contributed by atoms with E-state index in [2.05, 4.69) is 15.0 Å². The van der Waals surface area contributed by atoms with E-state index in [1.807, 2.05) is 19.2 Å². The van der Waals surface area contributed by atoms with Gasteiger partial charge in [0, 0.05) is 24.2 Å². The maximum Gasteiger partial charge on any atom is 0.314 e. The third-order valence-corrected chi connectivity index (χ3v) is 2.59. The smallest absolute Gasteiger partial charge is 0.314 e. The van der Waals surface area contributed by atoms with Crippen molar-refractivity contribution in [1.29, 1.82) is 0 Å². The van der Waals surface area contributed by atoms with Crippen LogP contribution in [0.15, 0.2) is 30.7 Å². The summed E-state index contributed by atoms with van der Waals surface area (Å²) < 4.78 is 0. The number of carboxylic acids is 1. The molecular weight excluding hydrogens is 218 g/mol. The second-order valence-electron chi connectivity index (χ2n) is 3.70. The minimum atomic E-state index is -0.890. The highest BCUT2D eigenvalue weighted by Crippen LogP contribution is 2.20. The van der Waals surface area contributed by atoms with Gasteiger partial charge in [0.15, 0.2) is 0 Å². The van der Waals surface area contributed by atoms with Gasteiger partial charge in [0.25, 0.3) is 0 Å². The number of aromatic nitrogens is 3. The lowest BCUT2D eigenvalue weighted by Crippen LogP contribution is -2.14. The fourth-order valence-corrected chi connectivity index (χ4v) is 1.65. The quantitative estimate of drug-likeness (QED) is 0.844. The molecule has 0 amide bonds. The van der Waals surface area contributed by atoms with Gasteiger partial charge in [-0.25, -0.2) is 9.97 Å². The van der Waals surface area contributed by atoms with E-state index in [9.17, 15) is 4.79 Å². The number of rotatable bonds is 4. The zero-order chi connectivity index (χ0) is 12.3. The third-order valence-electron chi connectivity index (χ3n) is 2.59. The van der Waals surface area contributed by atoms with E-state index in [0.29, 0.717) is 12.2 Å². The van der Waals surface area contributed by atoms with E-state index in [4.69, 9.17) is 5.11 Å². The molecule has 0 radical (unpaired) electrons. The van der Waals surface area contributed by atoms with Crippen molar-refractivity contribution >= 4 is 5.97 Å². The molecule has 2 aromatic rings. The molecule has 1 atom stereocenters. The van der Waals surface area contributed by atoms with Crippen LogP contribution in [-0.4, -0.2) is 26.0 Å². The molecule has 0 aliphatic heterocycles. The summed E-state index contributed by atoms with van der Waals surface area (Å²) in [6.07, 6.45) is 5.68. The van der Waals surface area contributed by atoms with Crippen molar-refractivity contribution in [1.82, 2.24) is 15.0 Å². The van der Waals surface area contributed by atoms with E-state index in [-0.39, 0.29) is 0 Å². The number of hydrogen-bond donors (Lipinski definition) is 2. The molecule has 0 bridgehead atoms. The number of aromatic amines is 1. The summed E-state index contributed by atoms with van der Waals surface area (Å²) >= 11 is 0. The number of hydrogen-bond acceptors (Lipinski definition) is 3. The molecule has 0 spiro atoms. The van der Waals surface area contributed by atoms with Crippen LogP contribution in [0.4, 0.5) is 0 Å². The third kappa shape index (κ3) is 2.33. The van der Waals surface area contributed by atoms with E-state index in [0.717, 1.165) is 11.3 Å². The molecule has 0 saturated heterocycles. The predicted octanol–water partition coefficient (Wildman–Crippen LogP) is 2.05. The maximum atomic E-state index is 11.0. The lowest BCUT2D eigenvalue weighted by molar-refractivity contribution is -0.139. The Balaban J connectivity index is 2.37. The topological polar surface area (TPSA) is 78.9 Å². The minimum Gasteiger partial charge on any atom is -0.481 e. The molecule has 0 saturated carbocycles. The molecule has 2 aromatic heterocycles.